The van der Waals surface area contributed by atoms with Gasteiger partial charge in [-0.25, -0.2) is 4.98 Å². The van der Waals surface area contributed by atoms with Gasteiger partial charge >= 0.3 is 0 Å². The van der Waals surface area contributed by atoms with Gasteiger partial charge in [0.1, 0.15) is 17.6 Å². The van der Waals surface area contributed by atoms with Crippen LogP contribution in [0.4, 0.5) is 0 Å². The van der Waals surface area contributed by atoms with Gasteiger partial charge in [0.25, 0.3) is 0 Å². The maximum atomic E-state index is 12.7. The van der Waals surface area contributed by atoms with Crippen LogP contribution < -0.4 is 10.1 Å². The smallest absolute Gasteiger partial charge is 0.225 e. The molecule has 1 aromatic heterocycles. The van der Waals surface area contributed by atoms with Gasteiger partial charge in [-0.15, -0.1) is 0 Å². The first kappa shape index (κ1) is 17.7. The van der Waals surface area contributed by atoms with Gasteiger partial charge in [-0.1, -0.05) is 42.5 Å². The summed E-state index contributed by atoms with van der Waals surface area (Å²) in [6, 6.07) is 15.4. The molecule has 0 spiro atoms. The molecule has 3 rings (SSSR count). The lowest BCUT2D eigenvalue weighted by molar-refractivity contribution is -0.121. The van der Waals surface area contributed by atoms with Crippen molar-refractivity contribution in [1.82, 2.24) is 14.9 Å². The molecule has 0 bridgehead atoms. The SMILES string of the molecule is COc1cc(CC(=O)N[C@H](c2ccccc2)c2nccn2C)ccc1C. The van der Waals surface area contributed by atoms with Gasteiger partial charge in [0, 0.05) is 19.4 Å². The Labute approximate surface area is 153 Å². The summed E-state index contributed by atoms with van der Waals surface area (Å²) in [5, 5.41) is 3.11. The summed E-state index contributed by atoms with van der Waals surface area (Å²) in [5.41, 5.74) is 2.96. The van der Waals surface area contributed by atoms with Crippen LogP contribution in [0, 0.1) is 6.92 Å². The highest BCUT2D eigenvalue weighted by Gasteiger charge is 2.20. The zero-order valence-electron chi connectivity index (χ0n) is 15.3. The van der Waals surface area contributed by atoms with Gasteiger partial charge in [0.15, 0.2) is 0 Å². The number of amides is 1. The Kier molecular flexibility index (Phi) is 5.37. The molecular weight excluding hydrogens is 326 g/mol. The molecular formula is C21H23N3O2. The number of hydrogen-bond donors (Lipinski definition) is 1. The number of imidazole rings is 1. The van der Waals surface area contributed by atoms with Crippen molar-refractivity contribution in [3.63, 3.8) is 0 Å². The molecule has 0 fully saturated rings. The maximum absolute atomic E-state index is 12.7. The van der Waals surface area contributed by atoms with E-state index >= 15 is 0 Å². The van der Waals surface area contributed by atoms with Crippen LogP contribution in [0.2, 0.25) is 0 Å². The molecule has 26 heavy (non-hydrogen) atoms. The summed E-state index contributed by atoms with van der Waals surface area (Å²) < 4.78 is 7.27. The Balaban J connectivity index is 1.81. The minimum atomic E-state index is -0.295. The number of hydrogen-bond acceptors (Lipinski definition) is 3. The van der Waals surface area contributed by atoms with Gasteiger partial charge < -0.3 is 14.6 Å². The van der Waals surface area contributed by atoms with Crippen molar-refractivity contribution in [3.8, 4) is 5.75 Å². The maximum Gasteiger partial charge on any atom is 0.225 e. The average molecular weight is 349 g/mol. The number of aromatic nitrogens is 2. The van der Waals surface area contributed by atoms with Crippen LogP contribution >= 0.6 is 0 Å². The zero-order chi connectivity index (χ0) is 18.5. The highest BCUT2D eigenvalue weighted by Crippen LogP contribution is 2.22. The molecule has 0 aliphatic rings. The van der Waals surface area contributed by atoms with E-state index in [1.165, 1.54) is 0 Å². The number of nitrogens with zero attached hydrogens (tertiary/aromatic N) is 2. The Morgan fingerprint density at radius 1 is 1.23 bits per heavy atom. The molecule has 2 aromatic carbocycles. The van der Waals surface area contributed by atoms with Crippen LogP contribution in [0.5, 0.6) is 5.75 Å². The third-order valence-electron chi connectivity index (χ3n) is 4.39. The molecule has 0 saturated carbocycles. The van der Waals surface area contributed by atoms with E-state index in [-0.39, 0.29) is 18.4 Å². The third-order valence-corrected chi connectivity index (χ3v) is 4.39. The molecule has 0 radical (unpaired) electrons. The number of carbonyl (C=O) groups is 1. The summed E-state index contributed by atoms with van der Waals surface area (Å²) in [7, 11) is 3.56. The molecule has 1 amide bonds. The summed E-state index contributed by atoms with van der Waals surface area (Å²) in [4.78, 5) is 17.1. The van der Waals surface area contributed by atoms with Crippen LogP contribution in [0.3, 0.4) is 0 Å². The van der Waals surface area contributed by atoms with Crippen LogP contribution in [-0.2, 0) is 18.3 Å². The van der Waals surface area contributed by atoms with E-state index in [0.717, 1.165) is 28.3 Å². The average Bonchev–Trinajstić information content (AvgIpc) is 3.07. The fourth-order valence-corrected chi connectivity index (χ4v) is 2.97. The summed E-state index contributed by atoms with van der Waals surface area (Å²) in [5.74, 6) is 1.53. The summed E-state index contributed by atoms with van der Waals surface area (Å²) in [6.45, 7) is 1.98. The van der Waals surface area contributed by atoms with Crippen molar-refractivity contribution < 1.29 is 9.53 Å². The molecule has 0 saturated heterocycles. The molecule has 0 aliphatic carbocycles. The van der Waals surface area contributed by atoms with E-state index in [1.54, 1.807) is 13.3 Å². The Morgan fingerprint density at radius 3 is 2.65 bits per heavy atom. The monoisotopic (exact) mass is 349 g/mol. The number of benzene rings is 2. The largest absolute Gasteiger partial charge is 0.496 e. The number of carbonyl (C=O) groups excluding carboxylic acids is 1. The lowest BCUT2D eigenvalue weighted by Crippen LogP contribution is -2.32. The van der Waals surface area contributed by atoms with Crippen molar-refractivity contribution in [2.24, 2.45) is 7.05 Å². The van der Waals surface area contributed by atoms with Gasteiger partial charge in [-0.2, -0.15) is 0 Å². The van der Waals surface area contributed by atoms with Crippen LogP contribution in [0.15, 0.2) is 60.9 Å². The predicted octanol–water partition coefficient (Wildman–Crippen LogP) is 3.19. The van der Waals surface area contributed by atoms with E-state index in [0.29, 0.717) is 0 Å². The van der Waals surface area contributed by atoms with E-state index in [9.17, 15) is 4.79 Å². The topological polar surface area (TPSA) is 56.1 Å². The minimum absolute atomic E-state index is 0.0623. The van der Waals surface area contributed by atoms with Gasteiger partial charge in [-0.3, -0.25) is 4.79 Å². The quantitative estimate of drug-likeness (QED) is 0.744. The van der Waals surface area contributed by atoms with E-state index < -0.39 is 0 Å². The minimum Gasteiger partial charge on any atom is -0.496 e. The number of rotatable bonds is 6. The number of ether oxygens (including phenoxy) is 1. The second-order valence-electron chi connectivity index (χ2n) is 6.29. The van der Waals surface area contributed by atoms with Gasteiger partial charge in [0.2, 0.25) is 5.91 Å². The van der Waals surface area contributed by atoms with E-state index in [1.807, 2.05) is 73.3 Å². The normalized spacial score (nSPS) is 11.8. The molecule has 0 aliphatic heterocycles. The second-order valence-corrected chi connectivity index (χ2v) is 6.29. The van der Waals surface area contributed by atoms with E-state index in [2.05, 4.69) is 10.3 Å². The highest BCUT2D eigenvalue weighted by atomic mass is 16.5. The first-order valence-electron chi connectivity index (χ1n) is 8.53. The lowest BCUT2D eigenvalue weighted by Gasteiger charge is -2.19. The second kappa shape index (κ2) is 7.87. The third kappa shape index (κ3) is 3.94. The molecule has 1 heterocycles. The molecule has 1 atom stereocenters. The van der Waals surface area contributed by atoms with Crippen molar-refractivity contribution in [1.29, 1.82) is 0 Å². The summed E-state index contributed by atoms with van der Waals surface area (Å²) >= 11 is 0. The lowest BCUT2D eigenvalue weighted by atomic mass is 10.0. The van der Waals surface area contributed by atoms with Crippen molar-refractivity contribution >= 4 is 5.91 Å². The number of nitrogens with one attached hydrogen (secondary N) is 1. The fourth-order valence-electron chi connectivity index (χ4n) is 2.97. The first-order chi connectivity index (χ1) is 12.6. The Morgan fingerprint density at radius 2 is 2.00 bits per heavy atom. The molecule has 5 heteroatoms. The standard InChI is InChI=1S/C21H23N3O2/c1-15-9-10-16(13-18(15)26-3)14-19(25)23-20(17-7-5-4-6-8-17)21-22-11-12-24(21)2/h4-13,20H,14H2,1-3H3,(H,23,25)/t20-/m1/s1. The molecule has 134 valence electrons. The molecule has 0 unspecified atom stereocenters. The number of aryl methyl sites for hydroxylation is 2. The Hall–Kier alpha value is -3.08. The molecule has 3 aromatic rings. The van der Waals surface area contributed by atoms with Crippen molar-refractivity contribution in [2.75, 3.05) is 7.11 Å². The van der Waals surface area contributed by atoms with Gasteiger partial charge in [0.05, 0.1) is 13.5 Å². The first-order valence-corrected chi connectivity index (χ1v) is 8.53. The van der Waals surface area contributed by atoms with E-state index in [4.69, 9.17) is 4.74 Å². The van der Waals surface area contributed by atoms with Crippen molar-refractivity contribution in [2.45, 2.75) is 19.4 Å². The summed E-state index contributed by atoms with van der Waals surface area (Å²) in [6.07, 6.45) is 3.90. The number of methoxy groups -OCH3 is 1. The Bertz CT molecular complexity index is 887. The predicted molar refractivity (Wildman–Crippen MR) is 101 cm³/mol. The zero-order valence-corrected chi connectivity index (χ0v) is 15.3. The van der Waals surface area contributed by atoms with Crippen LogP contribution in [-0.4, -0.2) is 22.6 Å². The van der Waals surface area contributed by atoms with Crippen LogP contribution in [0.1, 0.15) is 28.6 Å². The van der Waals surface area contributed by atoms with Crippen molar-refractivity contribution in [3.05, 3.63) is 83.4 Å². The molecule has 1 N–H and O–H groups in total. The van der Waals surface area contributed by atoms with Crippen LogP contribution in [0.25, 0.3) is 0 Å². The highest BCUT2D eigenvalue weighted by molar-refractivity contribution is 5.79. The molecule has 5 nitrogen and oxygen atoms in total. The van der Waals surface area contributed by atoms with Gasteiger partial charge in [-0.05, 0) is 29.7 Å². The fraction of sp³-hybridized carbons (Fsp3) is 0.238.